The van der Waals surface area contributed by atoms with Gasteiger partial charge in [0.1, 0.15) is 0 Å². The van der Waals surface area contributed by atoms with Gasteiger partial charge in [-0.2, -0.15) is 0 Å². The molecule has 4 nitrogen and oxygen atoms in total. The van der Waals surface area contributed by atoms with Crippen LogP contribution in [0, 0.1) is 11.8 Å². The summed E-state index contributed by atoms with van der Waals surface area (Å²) in [5, 5.41) is 2.82. The Balaban J connectivity index is 1.22. The summed E-state index contributed by atoms with van der Waals surface area (Å²) in [6, 6.07) is 18.1. The lowest BCUT2D eigenvalue weighted by Gasteiger charge is -2.46. The van der Waals surface area contributed by atoms with Crippen molar-refractivity contribution in [3.05, 3.63) is 71.0 Å². The minimum absolute atomic E-state index is 0.514. The SMILES string of the molecule is CCC1CN2CCc3c([nH]c4ccccc34)C2CC1CC1=NCCc2c1[nH]c1ccccc21. The molecule has 5 heterocycles. The number of hydrogen-bond donors (Lipinski definition) is 2. The predicted molar refractivity (Wildman–Crippen MR) is 136 cm³/mol. The van der Waals surface area contributed by atoms with Crippen molar-refractivity contribution in [3.8, 4) is 0 Å². The lowest BCUT2D eigenvalue weighted by molar-refractivity contribution is 0.0532. The maximum Gasteiger partial charge on any atom is 0.0638 e. The van der Waals surface area contributed by atoms with Crippen molar-refractivity contribution < 1.29 is 0 Å². The van der Waals surface area contributed by atoms with E-state index in [1.807, 2.05) is 0 Å². The maximum absolute atomic E-state index is 5.08. The number of benzene rings is 2. The lowest BCUT2D eigenvalue weighted by Crippen LogP contribution is -2.46. The molecule has 0 saturated carbocycles. The highest BCUT2D eigenvalue weighted by Crippen LogP contribution is 2.45. The van der Waals surface area contributed by atoms with E-state index in [9.17, 15) is 0 Å². The van der Waals surface area contributed by atoms with Crippen molar-refractivity contribution in [1.29, 1.82) is 0 Å². The van der Waals surface area contributed by atoms with Crippen molar-refractivity contribution in [1.82, 2.24) is 14.9 Å². The summed E-state index contributed by atoms with van der Waals surface area (Å²) in [4.78, 5) is 15.4. The van der Waals surface area contributed by atoms with E-state index in [0.717, 1.165) is 25.3 Å². The fraction of sp³-hybridized carbons (Fsp3) is 0.414. The average molecular weight is 437 g/mol. The third kappa shape index (κ3) is 3.03. The van der Waals surface area contributed by atoms with E-state index in [-0.39, 0.29) is 0 Å². The maximum atomic E-state index is 5.08. The molecule has 3 aliphatic rings. The second-order valence-corrected chi connectivity index (χ2v) is 10.3. The van der Waals surface area contributed by atoms with Gasteiger partial charge >= 0.3 is 0 Å². The molecule has 2 aromatic heterocycles. The van der Waals surface area contributed by atoms with E-state index in [2.05, 4.69) is 70.3 Å². The van der Waals surface area contributed by atoms with Gasteiger partial charge in [0.15, 0.2) is 0 Å². The third-order valence-electron chi connectivity index (χ3n) is 8.68. The van der Waals surface area contributed by atoms with Crippen molar-refractivity contribution >= 4 is 27.5 Å². The number of para-hydroxylation sites is 2. The first-order valence-corrected chi connectivity index (χ1v) is 12.8. The van der Waals surface area contributed by atoms with Gasteiger partial charge < -0.3 is 9.97 Å². The van der Waals surface area contributed by atoms with Crippen LogP contribution in [0.15, 0.2) is 53.5 Å². The molecule has 3 unspecified atom stereocenters. The molecule has 0 radical (unpaired) electrons. The summed E-state index contributed by atoms with van der Waals surface area (Å²) >= 11 is 0. The summed E-state index contributed by atoms with van der Waals surface area (Å²) in [5.41, 5.74) is 9.72. The number of piperidine rings is 1. The predicted octanol–water partition coefficient (Wildman–Crippen LogP) is 6.03. The largest absolute Gasteiger partial charge is 0.357 e. The lowest BCUT2D eigenvalue weighted by atomic mass is 9.74. The first-order chi connectivity index (χ1) is 16.3. The highest BCUT2D eigenvalue weighted by atomic mass is 15.2. The van der Waals surface area contributed by atoms with E-state index in [0.29, 0.717) is 12.0 Å². The first kappa shape index (κ1) is 19.6. The number of aromatic amines is 2. The minimum Gasteiger partial charge on any atom is -0.357 e. The number of rotatable bonds is 3. The monoisotopic (exact) mass is 436 g/mol. The molecule has 4 heteroatoms. The van der Waals surface area contributed by atoms with Crippen LogP contribution in [0.5, 0.6) is 0 Å². The molecule has 0 bridgehead atoms. The highest BCUT2D eigenvalue weighted by molar-refractivity contribution is 6.06. The zero-order valence-electron chi connectivity index (χ0n) is 19.4. The average Bonchev–Trinajstić information content (AvgIpc) is 3.43. The van der Waals surface area contributed by atoms with Crippen molar-refractivity contribution in [2.75, 3.05) is 19.6 Å². The Morgan fingerprint density at radius 2 is 1.67 bits per heavy atom. The zero-order chi connectivity index (χ0) is 21.9. The Labute approximate surface area is 195 Å². The number of aliphatic imine (C=N–C) groups is 1. The van der Waals surface area contributed by atoms with Crippen LogP contribution in [0.4, 0.5) is 0 Å². The van der Waals surface area contributed by atoms with Crippen LogP contribution < -0.4 is 0 Å². The van der Waals surface area contributed by atoms with Crippen LogP contribution in [0.2, 0.25) is 0 Å². The fourth-order valence-electron chi connectivity index (χ4n) is 7.00. The van der Waals surface area contributed by atoms with E-state index in [1.165, 1.54) is 76.8 Å². The molecular formula is C29H32N4. The van der Waals surface area contributed by atoms with Gasteiger partial charge in [-0.05, 0) is 60.8 Å². The Kier molecular flexibility index (Phi) is 4.51. The summed E-state index contributed by atoms with van der Waals surface area (Å²) < 4.78 is 0. The van der Waals surface area contributed by atoms with Gasteiger partial charge in [-0.3, -0.25) is 9.89 Å². The van der Waals surface area contributed by atoms with E-state index in [1.54, 1.807) is 5.56 Å². The van der Waals surface area contributed by atoms with Crippen molar-refractivity contribution in [3.63, 3.8) is 0 Å². The number of aromatic nitrogens is 2. The number of nitrogens with zero attached hydrogens (tertiary/aromatic N) is 2. The second kappa shape index (κ2) is 7.59. The second-order valence-electron chi connectivity index (χ2n) is 10.3. The standard InChI is InChI=1S/C29H32N4/c1-2-18-17-33-14-12-23-21-8-4-6-10-25(21)32-29(23)27(33)16-19(18)15-26-28-22(11-13-30-26)20-7-3-5-9-24(20)31-28/h3-10,18-19,27,31-32H,2,11-17H2,1H3. The Bertz CT molecular complexity index is 1370. The van der Waals surface area contributed by atoms with Gasteiger partial charge in [0, 0.05) is 47.1 Å². The molecule has 0 amide bonds. The first-order valence-electron chi connectivity index (χ1n) is 12.8. The Morgan fingerprint density at radius 3 is 2.48 bits per heavy atom. The van der Waals surface area contributed by atoms with Crippen LogP contribution in [0.3, 0.4) is 0 Å². The topological polar surface area (TPSA) is 47.2 Å². The van der Waals surface area contributed by atoms with Gasteiger partial charge in [-0.15, -0.1) is 0 Å². The van der Waals surface area contributed by atoms with Crippen molar-refractivity contribution in [2.24, 2.45) is 16.8 Å². The molecule has 168 valence electrons. The molecule has 3 atom stereocenters. The van der Waals surface area contributed by atoms with Gasteiger partial charge in [-0.25, -0.2) is 0 Å². The summed E-state index contributed by atoms with van der Waals surface area (Å²) in [5.74, 6) is 1.41. The van der Waals surface area contributed by atoms with Crippen LogP contribution in [0.1, 0.15) is 54.7 Å². The van der Waals surface area contributed by atoms with Crippen LogP contribution in [-0.4, -0.2) is 40.2 Å². The van der Waals surface area contributed by atoms with Gasteiger partial charge in [0.05, 0.1) is 17.4 Å². The van der Waals surface area contributed by atoms with Crippen molar-refractivity contribution in [2.45, 2.75) is 45.1 Å². The molecule has 2 N–H and O–H groups in total. The number of fused-ring (bicyclic) bond motifs is 8. The molecule has 2 aromatic carbocycles. The highest BCUT2D eigenvalue weighted by Gasteiger charge is 2.40. The van der Waals surface area contributed by atoms with Gasteiger partial charge in [-0.1, -0.05) is 49.7 Å². The third-order valence-corrected chi connectivity index (χ3v) is 8.68. The Morgan fingerprint density at radius 1 is 0.909 bits per heavy atom. The smallest absolute Gasteiger partial charge is 0.0638 e. The molecule has 0 spiro atoms. The van der Waals surface area contributed by atoms with Crippen LogP contribution in [-0.2, 0) is 12.8 Å². The van der Waals surface area contributed by atoms with E-state index < -0.39 is 0 Å². The van der Waals surface area contributed by atoms with Crippen LogP contribution >= 0.6 is 0 Å². The number of nitrogens with one attached hydrogen (secondary N) is 2. The molecule has 1 saturated heterocycles. The molecule has 3 aliphatic heterocycles. The molecular weight excluding hydrogens is 404 g/mol. The molecule has 1 fully saturated rings. The van der Waals surface area contributed by atoms with E-state index >= 15 is 0 Å². The quantitative estimate of drug-likeness (QED) is 0.405. The molecule has 7 rings (SSSR count). The summed E-state index contributed by atoms with van der Waals surface area (Å²) in [7, 11) is 0. The molecule has 0 aliphatic carbocycles. The molecule has 33 heavy (non-hydrogen) atoms. The zero-order valence-corrected chi connectivity index (χ0v) is 19.4. The van der Waals surface area contributed by atoms with E-state index in [4.69, 9.17) is 4.99 Å². The summed E-state index contributed by atoms with van der Waals surface area (Å²) in [6.45, 7) is 5.71. The molecule has 4 aromatic rings. The number of H-pyrrole nitrogens is 2. The normalized spacial score (nSPS) is 25.0. The Hall–Kier alpha value is -2.85. The summed E-state index contributed by atoms with van der Waals surface area (Å²) in [6.07, 6.45) is 5.80. The van der Waals surface area contributed by atoms with Crippen LogP contribution in [0.25, 0.3) is 21.8 Å². The van der Waals surface area contributed by atoms with Gasteiger partial charge in [0.2, 0.25) is 0 Å². The minimum atomic E-state index is 0.514. The number of hydrogen-bond acceptors (Lipinski definition) is 2. The van der Waals surface area contributed by atoms with Gasteiger partial charge in [0.25, 0.3) is 0 Å². The fourth-order valence-corrected chi connectivity index (χ4v) is 7.00.